The van der Waals surface area contributed by atoms with Crippen molar-refractivity contribution in [2.24, 2.45) is 0 Å². The molecule has 0 aliphatic carbocycles. The first-order valence-electron chi connectivity index (χ1n) is 2.76. The summed E-state index contributed by atoms with van der Waals surface area (Å²) in [5.41, 5.74) is 1.33. The number of hydrogen-bond acceptors (Lipinski definition) is 1. The van der Waals surface area contributed by atoms with Gasteiger partial charge in [-0.3, -0.25) is 0 Å². The minimum absolute atomic E-state index is 0.996. The number of benzene rings is 1. The third kappa shape index (κ3) is 2.24. The number of thiol groups is 1. The molecule has 0 fully saturated rings. The van der Waals surface area contributed by atoms with Crippen LogP contribution in [0.1, 0.15) is 5.56 Å². The molecule has 0 N–H and O–H groups in total. The lowest BCUT2D eigenvalue weighted by Gasteiger charge is -1.90. The Bertz CT molecular complexity index is 181. The van der Waals surface area contributed by atoms with Gasteiger partial charge < -0.3 is 0 Å². The zero-order chi connectivity index (χ0) is 6.53. The molecular weight excluding hydrogens is 148 g/mol. The Hall–Kier alpha value is -0.210. The van der Waals surface area contributed by atoms with E-state index in [9.17, 15) is 0 Å². The van der Waals surface area contributed by atoms with Crippen LogP contribution in [-0.4, -0.2) is 0 Å². The summed E-state index contributed by atoms with van der Waals surface area (Å²) in [7, 11) is 1.03. The second kappa shape index (κ2) is 3.75. The van der Waals surface area contributed by atoms with Crippen molar-refractivity contribution in [3.63, 3.8) is 0 Å². The van der Waals surface area contributed by atoms with Crippen molar-refractivity contribution >= 4 is 21.5 Å². The molecule has 1 aromatic carbocycles. The van der Waals surface area contributed by atoms with Crippen molar-refractivity contribution in [3.8, 4) is 0 Å². The van der Waals surface area contributed by atoms with E-state index in [0.717, 1.165) is 16.1 Å². The van der Waals surface area contributed by atoms with Crippen LogP contribution in [0.4, 0.5) is 0 Å². The quantitative estimate of drug-likeness (QED) is 0.633. The first-order chi connectivity index (χ1) is 4.43. The topological polar surface area (TPSA) is 0 Å². The van der Waals surface area contributed by atoms with Gasteiger partial charge in [-0.15, -0.1) is 10.3 Å². The molecule has 0 atom stereocenters. The smallest absolute Gasteiger partial charge is 0.0202 e. The zero-order valence-electron chi connectivity index (χ0n) is 4.95. The Morgan fingerprint density at radius 3 is 2.44 bits per heavy atom. The third-order valence-corrected chi connectivity index (χ3v) is 1.97. The van der Waals surface area contributed by atoms with Gasteiger partial charge in [-0.25, -0.2) is 0 Å². The predicted octanol–water partition coefficient (Wildman–Crippen LogP) is 1.46. The molecule has 0 aliphatic rings. The molecule has 1 aromatic rings. The van der Waals surface area contributed by atoms with E-state index in [1.165, 1.54) is 5.56 Å². The van der Waals surface area contributed by atoms with E-state index in [4.69, 9.17) is 11.2 Å². The van der Waals surface area contributed by atoms with Gasteiger partial charge in [0.25, 0.3) is 0 Å². The van der Waals surface area contributed by atoms with Gasteiger partial charge in [0, 0.05) is 5.75 Å². The van der Waals surface area contributed by atoms with E-state index in [0.29, 0.717) is 0 Å². The normalized spacial score (nSPS) is 9.33. The maximum absolute atomic E-state index is 4.81. The van der Waals surface area contributed by atoms with Crippen LogP contribution in [0.5, 0.6) is 0 Å². The third-order valence-electron chi connectivity index (χ3n) is 1.09. The summed E-state index contributed by atoms with van der Waals surface area (Å²) in [6.45, 7) is 0. The predicted molar refractivity (Wildman–Crippen MR) is 46.3 cm³/mol. The second-order valence-electron chi connectivity index (χ2n) is 1.77. The van der Waals surface area contributed by atoms with Gasteiger partial charge in [0.15, 0.2) is 0 Å². The molecule has 9 heavy (non-hydrogen) atoms. The zero-order valence-corrected chi connectivity index (χ0v) is 6.66. The van der Waals surface area contributed by atoms with E-state index in [1.807, 2.05) is 18.2 Å². The summed E-state index contributed by atoms with van der Waals surface area (Å²) in [6, 6.07) is 10.3. The first kappa shape index (κ1) is 6.90. The molecule has 0 heterocycles. The average Bonchev–Trinajstić information content (AvgIpc) is 1.91. The fourth-order valence-corrected chi connectivity index (χ4v) is 1.47. The van der Waals surface area contributed by atoms with Crippen molar-refractivity contribution in [2.45, 2.75) is 5.75 Å². The molecule has 0 spiro atoms. The molecule has 0 saturated carbocycles. The Kier molecular flexibility index (Phi) is 2.87. The van der Waals surface area contributed by atoms with E-state index in [2.05, 4.69) is 12.1 Å². The molecule has 0 amide bonds. The summed E-state index contributed by atoms with van der Waals surface area (Å²) in [5, 5.41) is 0. The molecule has 0 aromatic heterocycles. The van der Waals surface area contributed by atoms with E-state index in [1.54, 1.807) is 0 Å². The van der Waals surface area contributed by atoms with Gasteiger partial charge >= 0.3 is 0 Å². The summed E-state index contributed by atoms with van der Waals surface area (Å²) >= 11 is 4.81. The van der Waals surface area contributed by atoms with Crippen LogP contribution < -0.4 is 0 Å². The van der Waals surface area contributed by atoms with Gasteiger partial charge in [0.1, 0.15) is 0 Å². The molecular formula is C7H8S2. The van der Waals surface area contributed by atoms with Gasteiger partial charge in [0.2, 0.25) is 0 Å². The first-order valence-corrected chi connectivity index (χ1v) is 4.86. The molecule has 0 nitrogen and oxygen atoms in total. The Labute approximate surface area is 63.5 Å². The highest BCUT2D eigenvalue weighted by Crippen LogP contribution is 1.97. The van der Waals surface area contributed by atoms with Crippen LogP contribution in [0.3, 0.4) is 0 Å². The minimum Gasteiger partial charge on any atom is -0.131 e. The van der Waals surface area contributed by atoms with Crippen LogP contribution in [0.25, 0.3) is 0 Å². The van der Waals surface area contributed by atoms with E-state index < -0.39 is 0 Å². The Morgan fingerprint density at radius 1 is 1.22 bits per heavy atom. The highest BCUT2D eigenvalue weighted by Gasteiger charge is 1.82. The molecule has 1 rings (SSSR count). The van der Waals surface area contributed by atoms with Gasteiger partial charge in [-0.05, 0) is 5.56 Å². The number of rotatable bonds is 2. The molecule has 0 unspecified atom stereocenters. The summed E-state index contributed by atoms with van der Waals surface area (Å²) < 4.78 is 0. The fourth-order valence-electron chi connectivity index (χ4n) is 0.658. The second-order valence-corrected chi connectivity index (χ2v) is 3.12. The van der Waals surface area contributed by atoms with Crippen LogP contribution >= 0.6 is 0 Å². The Morgan fingerprint density at radius 2 is 1.89 bits per heavy atom. The molecule has 0 radical (unpaired) electrons. The lowest BCUT2D eigenvalue weighted by atomic mass is 10.2. The van der Waals surface area contributed by atoms with Crippen LogP contribution in [0.2, 0.25) is 0 Å². The highest BCUT2D eigenvalue weighted by atomic mass is 32.8. The maximum atomic E-state index is 4.81. The molecule has 0 aliphatic heterocycles. The minimum atomic E-state index is 0.996. The highest BCUT2D eigenvalue weighted by molar-refractivity contribution is 8.17. The SMILES string of the molecule is S=[SH]Cc1ccccc1. The van der Waals surface area contributed by atoms with Crippen molar-refractivity contribution in [1.82, 2.24) is 0 Å². The van der Waals surface area contributed by atoms with Crippen LogP contribution in [0.15, 0.2) is 30.3 Å². The largest absolute Gasteiger partial charge is 0.131 e. The van der Waals surface area contributed by atoms with Gasteiger partial charge in [-0.1, -0.05) is 41.5 Å². The lowest BCUT2D eigenvalue weighted by Crippen LogP contribution is -1.77. The van der Waals surface area contributed by atoms with E-state index in [-0.39, 0.29) is 0 Å². The molecule has 0 bridgehead atoms. The molecule has 2 heteroatoms. The monoisotopic (exact) mass is 156 g/mol. The van der Waals surface area contributed by atoms with Crippen LogP contribution in [0, 0.1) is 0 Å². The van der Waals surface area contributed by atoms with Gasteiger partial charge in [0.05, 0.1) is 0 Å². The standard InChI is InChI=1S/C7H8S2/c8-9-6-7-4-2-1-3-5-7/h1-5,9H,6H2. The lowest BCUT2D eigenvalue weighted by molar-refractivity contribution is 1.43. The number of hydrogen-bond donors (Lipinski definition) is 1. The average molecular weight is 156 g/mol. The Balaban J connectivity index is 2.72. The van der Waals surface area contributed by atoms with E-state index >= 15 is 0 Å². The summed E-state index contributed by atoms with van der Waals surface area (Å²) in [5.74, 6) is 0.996. The maximum Gasteiger partial charge on any atom is 0.0202 e. The van der Waals surface area contributed by atoms with Crippen molar-refractivity contribution in [2.75, 3.05) is 0 Å². The van der Waals surface area contributed by atoms with Crippen LogP contribution in [-0.2, 0) is 27.3 Å². The summed E-state index contributed by atoms with van der Waals surface area (Å²) in [4.78, 5) is 0. The summed E-state index contributed by atoms with van der Waals surface area (Å²) in [6.07, 6.45) is 0. The van der Waals surface area contributed by atoms with Crippen molar-refractivity contribution in [3.05, 3.63) is 35.9 Å². The molecule has 48 valence electrons. The molecule has 0 saturated heterocycles. The fraction of sp³-hybridized carbons (Fsp3) is 0.143. The van der Waals surface area contributed by atoms with Gasteiger partial charge in [-0.2, -0.15) is 0 Å². The van der Waals surface area contributed by atoms with Crippen molar-refractivity contribution < 1.29 is 0 Å². The van der Waals surface area contributed by atoms with Crippen molar-refractivity contribution in [1.29, 1.82) is 0 Å².